The molecular formula is C26H28F6N2O2. The van der Waals surface area contributed by atoms with E-state index in [0.717, 1.165) is 32.4 Å². The van der Waals surface area contributed by atoms with Crippen molar-refractivity contribution in [3.8, 4) is 0 Å². The normalized spacial score (nSPS) is 18.2. The van der Waals surface area contributed by atoms with Gasteiger partial charge in [0.1, 0.15) is 0 Å². The Morgan fingerprint density at radius 1 is 0.972 bits per heavy atom. The first-order valence-corrected chi connectivity index (χ1v) is 12.0. The van der Waals surface area contributed by atoms with Gasteiger partial charge in [0.2, 0.25) is 5.91 Å². The molecule has 2 aromatic carbocycles. The number of rotatable bonds is 6. The zero-order chi connectivity index (χ0) is 26.0. The predicted octanol–water partition coefficient (Wildman–Crippen LogP) is 5.68. The van der Waals surface area contributed by atoms with Crippen molar-refractivity contribution in [2.45, 2.75) is 56.6 Å². The van der Waals surface area contributed by atoms with Gasteiger partial charge in [-0.15, -0.1) is 0 Å². The number of carbonyl (C=O) groups excluding carboxylic acids is 1. The molecule has 1 spiro atoms. The monoisotopic (exact) mass is 514 g/mol. The summed E-state index contributed by atoms with van der Waals surface area (Å²) in [5.74, 6) is -0.418. The molecule has 1 saturated heterocycles. The Balaban J connectivity index is 1.25. The molecule has 2 aliphatic rings. The predicted molar refractivity (Wildman–Crippen MR) is 121 cm³/mol. The molecule has 4 rings (SSSR count). The van der Waals surface area contributed by atoms with Gasteiger partial charge < -0.3 is 15.0 Å². The fourth-order valence-electron chi connectivity index (χ4n) is 5.04. The third-order valence-corrected chi connectivity index (χ3v) is 6.94. The first-order valence-electron chi connectivity index (χ1n) is 12.0. The Labute approximate surface area is 205 Å². The lowest BCUT2D eigenvalue weighted by Gasteiger charge is -2.45. The molecule has 2 aromatic rings. The molecule has 0 aliphatic carbocycles. The van der Waals surface area contributed by atoms with Crippen LogP contribution in [-0.4, -0.2) is 37.0 Å². The molecule has 2 aliphatic heterocycles. The maximum atomic E-state index is 13.0. The fourth-order valence-corrected chi connectivity index (χ4v) is 5.04. The molecule has 0 radical (unpaired) electrons. The summed E-state index contributed by atoms with van der Waals surface area (Å²) in [6.07, 6.45) is -6.55. The van der Waals surface area contributed by atoms with Crippen LogP contribution in [0.4, 0.5) is 26.3 Å². The number of hydrogen-bond acceptors (Lipinski definition) is 3. The highest BCUT2D eigenvalue weighted by atomic mass is 19.4. The van der Waals surface area contributed by atoms with Gasteiger partial charge in [-0.25, -0.2) is 0 Å². The van der Waals surface area contributed by atoms with Crippen molar-refractivity contribution in [1.29, 1.82) is 0 Å². The van der Waals surface area contributed by atoms with Gasteiger partial charge in [0.15, 0.2) is 0 Å². The van der Waals surface area contributed by atoms with E-state index in [1.807, 2.05) is 12.1 Å². The molecule has 0 aromatic heterocycles. The van der Waals surface area contributed by atoms with E-state index in [9.17, 15) is 31.1 Å². The first-order chi connectivity index (χ1) is 17.0. The zero-order valence-electron chi connectivity index (χ0n) is 19.6. The molecule has 196 valence electrons. The molecular weight excluding hydrogens is 486 g/mol. The molecule has 1 N–H and O–H groups in total. The summed E-state index contributed by atoms with van der Waals surface area (Å²) in [7, 11) is 0. The molecule has 1 fully saturated rings. The second-order valence-corrected chi connectivity index (χ2v) is 9.39. The minimum absolute atomic E-state index is 0.0744. The number of amides is 1. The van der Waals surface area contributed by atoms with E-state index in [4.69, 9.17) is 4.74 Å². The Bertz CT molecular complexity index is 1040. The van der Waals surface area contributed by atoms with Crippen LogP contribution in [0.25, 0.3) is 0 Å². The number of benzene rings is 2. The highest BCUT2D eigenvalue weighted by molar-refractivity contribution is 5.75. The number of nitrogens with zero attached hydrogens (tertiary/aromatic N) is 1. The largest absolute Gasteiger partial charge is 0.416 e. The van der Waals surface area contributed by atoms with Crippen molar-refractivity contribution in [2.24, 2.45) is 0 Å². The number of carbonyl (C=O) groups is 1. The summed E-state index contributed by atoms with van der Waals surface area (Å²) in [6.45, 7) is 2.61. The van der Waals surface area contributed by atoms with Gasteiger partial charge in [0.05, 0.1) is 23.3 Å². The van der Waals surface area contributed by atoms with Crippen molar-refractivity contribution in [1.82, 2.24) is 10.2 Å². The van der Waals surface area contributed by atoms with Gasteiger partial charge in [-0.1, -0.05) is 24.3 Å². The Morgan fingerprint density at radius 2 is 1.61 bits per heavy atom. The van der Waals surface area contributed by atoms with Gasteiger partial charge in [-0.05, 0) is 67.1 Å². The SMILES string of the molecule is O=C(CCCN1CCC2(CC1)OCCc1ccccc12)NCc1cc(C(F)(F)F)cc(C(F)(F)F)c1. The standard InChI is InChI=1S/C26H28F6N2O2/c27-25(28,29)20-14-18(15-21(16-20)26(30,31)32)17-33-23(35)6-3-10-34-11-8-24(9-12-34)22-5-2-1-4-19(22)7-13-36-24/h1-2,4-5,14-16H,3,6-13,17H2,(H,33,35). The lowest BCUT2D eigenvalue weighted by atomic mass is 9.79. The van der Waals surface area contributed by atoms with E-state index >= 15 is 0 Å². The highest BCUT2D eigenvalue weighted by Crippen LogP contribution is 2.41. The van der Waals surface area contributed by atoms with Crippen LogP contribution in [0.3, 0.4) is 0 Å². The van der Waals surface area contributed by atoms with Crippen molar-refractivity contribution < 1.29 is 35.9 Å². The van der Waals surface area contributed by atoms with Crippen LogP contribution >= 0.6 is 0 Å². The molecule has 4 nitrogen and oxygen atoms in total. The van der Waals surface area contributed by atoms with Crippen LogP contribution < -0.4 is 5.32 Å². The Morgan fingerprint density at radius 3 is 2.25 bits per heavy atom. The summed E-state index contributed by atoms with van der Waals surface area (Å²) >= 11 is 0. The van der Waals surface area contributed by atoms with Gasteiger partial charge in [0.25, 0.3) is 0 Å². The Hall–Kier alpha value is -2.59. The lowest BCUT2D eigenvalue weighted by Crippen LogP contribution is -2.46. The quantitative estimate of drug-likeness (QED) is 0.504. The average molecular weight is 515 g/mol. The number of nitrogens with one attached hydrogen (secondary N) is 1. The molecule has 0 bridgehead atoms. The third-order valence-electron chi connectivity index (χ3n) is 6.94. The zero-order valence-corrected chi connectivity index (χ0v) is 19.6. The van der Waals surface area contributed by atoms with Crippen LogP contribution in [-0.2, 0) is 40.5 Å². The summed E-state index contributed by atoms with van der Waals surface area (Å²) < 4.78 is 84.2. The fraction of sp³-hybridized carbons (Fsp3) is 0.500. The van der Waals surface area contributed by atoms with Crippen molar-refractivity contribution >= 4 is 5.91 Å². The number of piperidine rings is 1. The molecule has 36 heavy (non-hydrogen) atoms. The van der Waals surface area contributed by atoms with Crippen LogP contribution in [0, 0.1) is 0 Å². The number of alkyl halides is 6. The summed E-state index contributed by atoms with van der Waals surface area (Å²) in [5.41, 5.74) is -0.707. The second kappa shape index (κ2) is 10.4. The maximum Gasteiger partial charge on any atom is 0.416 e. The Kier molecular flexibility index (Phi) is 7.66. The number of ether oxygens (including phenoxy) is 1. The minimum atomic E-state index is -4.92. The van der Waals surface area contributed by atoms with Crippen LogP contribution in [0.1, 0.15) is 53.5 Å². The first kappa shape index (κ1) is 26.5. The van der Waals surface area contributed by atoms with E-state index in [1.54, 1.807) is 0 Å². The molecule has 1 amide bonds. The van der Waals surface area contributed by atoms with Gasteiger partial charge in [0, 0.05) is 26.1 Å². The minimum Gasteiger partial charge on any atom is -0.370 e. The number of halogens is 6. The maximum absolute atomic E-state index is 13.0. The van der Waals surface area contributed by atoms with Crippen LogP contribution in [0.2, 0.25) is 0 Å². The van der Waals surface area contributed by atoms with Crippen LogP contribution in [0.15, 0.2) is 42.5 Å². The molecule has 0 unspecified atom stereocenters. The van der Waals surface area contributed by atoms with Crippen molar-refractivity contribution in [2.75, 3.05) is 26.2 Å². The van der Waals surface area contributed by atoms with Gasteiger partial charge in [-0.3, -0.25) is 4.79 Å². The van der Waals surface area contributed by atoms with E-state index in [0.29, 0.717) is 31.7 Å². The third kappa shape index (κ3) is 6.21. The van der Waals surface area contributed by atoms with E-state index in [2.05, 4.69) is 22.3 Å². The smallest absolute Gasteiger partial charge is 0.370 e. The summed E-state index contributed by atoms with van der Waals surface area (Å²) in [4.78, 5) is 14.5. The van der Waals surface area contributed by atoms with E-state index < -0.39 is 35.9 Å². The summed E-state index contributed by atoms with van der Waals surface area (Å²) in [6, 6.07) is 9.69. The molecule has 0 atom stereocenters. The van der Waals surface area contributed by atoms with E-state index in [1.165, 1.54) is 11.1 Å². The van der Waals surface area contributed by atoms with Gasteiger partial charge >= 0.3 is 12.4 Å². The van der Waals surface area contributed by atoms with Crippen molar-refractivity contribution in [3.05, 3.63) is 70.3 Å². The summed E-state index contributed by atoms with van der Waals surface area (Å²) in [5, 5.41) is 2.44. The van der Waals surface area contributed by atoms with E-state index in [-0.39, 0.29) is 23.7 Å². The average Bonchev–Trinajstić information content (AvgIpc) is 2.83. The second-order valence-electron chi connectivity index (χ2n) is 9.39. The number of fused-ring (bicyclic) bond motifs is 2. The van der Waals surface area contributed by atoms with Gasteiger partial charge in [-0.2, -0.15) is 26.3 Å². The molecule has 10 heteroatoms. The molecule has 2 heterocycles. The van der Waals surface area contributed by atoms with Crippen molar-refractivity contribution in [3.63, 3.8) is 0 Å². The van der Waals surface area contributed by atoms with Crippen LogP contribution in [0.5, 0.6) is 0 Å². The topological polar surface area (TPSA) is 41.6 Å². The number of hydrogen-bond donors (Lipinski definition) is 1. The molecule has 0 saturated carbocycles. The number of likely N-dealkylation sites (tertiary alicyclic amines) is 1. The highest BCUT2D eigenvalue weighted by Gasteiger charge is 2.40. The lowest BCUT2D eigenvalue weighted by molar-refractivity contribution is -0.143.